The zero-order valence-electron chi connectivity index (χ0n) is 18.1. The third-order valence-electron chi connectivity index (χ3n) is 5.35. The molecule has 8 heteroatoms. The van der Waals surface area contributed by atoms with Gasteiger partial charge in [0.05, 0.1) is 29.3 Å². The number of rotatable bonds is 7. The summed E-state index contributed by atoms with van der Waals surface area (Å²) in [7, 11) is 0. The van der Waals surface area contributed by atoms with Crippen molar-refractivity contribution in [3.05, 3.63) is 75.9 Å². The van der Waals surface area contributed by atoms with Gasteiger partial charge in [-0.15, -0.1) is 11.3 Å². The molecule has 3 aromatic rings. The van der Waals surface area contributed by atoms with Gasteiger partial charge in [0.2, 0.25) is 5.91 Å². The van der Waals surface area contributed by atoms with Crippen molar-refractivity contribution >= 4 is 29.0 Å². The molecule has 0 N–H and O–H groups in total. The molecule has 1 aromatic carbocycles. The molecule has 0 atom stereocenters. The van der Waals surface area contributed by atoms with Gasteiger partial charge in [0.25, 0.3) is 0 Å². The molecule has 2 aromatic heterocycles. The van der Waals surface area contributed by atoms with Crippen LogP contribution in [0.1, 0.15) is 33.5 Å². The van der Waals surface area contributed by atoms with Crippen LogP contribution in [0.25, 0.3) is 0 Å². The fraction of sp³-hybridized carbons (Fsp3) is 0.333. The van der Waals surface area contributed by atoms with E-state index in [0.717, 1.165) is 22.9 Å². The van der Waals surface area contributed by atoms with Crippen molar-refractivity contribution in [2.75, 3.05) is 37.7 Å². The fourth-order valence-corrected chi connectivity index (χ4v) is 4.47. The van der Waals surface area contributed by atoms with Crippen molar-refractivity contribution in [2.24, 2.45) is 0 Å². The number of thiazole rings is 1. The Balaban J connectivity index is 1.27. The largest absolute Gasteiger partial charge is 0.462 e. The van der Waals surface area contributed by atoms with Crippen LogP contribution in [0, 0.1) is 0 Å². The molecule has 0 radical (unpaired) electrons. The van der Waals surface area contributed by atoms with E-state index in [2.05, 4.69) is 27.0 Å². The predicted octanol–water partition coefficient (Wildman–Crippen LogP) is 3.20. The summed E-state index contributed by atoms with van der Waals surface area (Å²) in [6.07, 6.45) is 2.66. The van der Waals surface area contributed by atoms with Gasteiger partial charge in [-0.2, -0.15) is 0 Å². The number of carbonyl (C=O) groups excluding carboxylic acids is 2. The topological polar surface area (TPSA) is 75.6 Å². The molecule has 166 valence electrons. The van der Waals surface area contributed by atoms with Crippen LogP contribution in [0.5, 0.6) is 0 Å². The summed E-state index contributed by atoms with van der Waals surface area (Å²) in [5, 5.41) is 3.02. The minimum atomic E-state index is -0.365. The summed E-state index contributed by atoms with van der Waals surface area (Å²) in [6, 6.07) is 13.8. The lowest BCUT2D eigenvalue weighted by molar-refractivity contribution is -0.130. The van der Waals surface area contributed by atoms with Crippen molar-refractivity contribution in [1.29, 1.82) is 0 Å². The fourth-order valence-electron chi connectivity index (χ4n) is 3.64. The Bertz CT molecular complexity index is 1040. The highest BCUT2D eigenvalue weighted by Gasteiger charge is 2.23. The highest BCUT2D eigenvalue weighted by Crippen LogP contribution is 2.18. The van der Waals surface area contributed by atoms with E-state index in [1.807, 2.05) is 34.5 Å². The normalized spacial score (nSPS) is 13.8. The molecule has 1 fully saturated rings. The van der Waals surface area contributed by atoms with Gasteiger partial charge in [-0.05, 0) is 24.6 Å². The van der Waals surface area contributed by atoms with Gasteiger partial charge in [-0.25, -0.2) is 14.8 Å². The summed E-state index contributed by atoms with van der Waals surface area (Å²) in [6.45, 7) is 4.80. The van der Waals surface area contributed by atoms with Crippen LogP contribution in [-0.2, 0) is 22.4 Å². The number of benzene rings is 1. The average molecular weight is 451 g/mol. The number of piperazine rings is 1. The van der Waals surface area contributed by atoms with E-state index in [1.54, 1.807) is 30.5 Å². The lowest BCUT2D eigenvalue weighted by Crippen LogP contribution is -2.49. The molecule has 0 unspecified atom stereocenters. The van der Waals surface area contributed by atoms with Crippen molar-refractivity contribution in [2.45, 2.75) is 19.8 Å². The van der Waals surface area contributed by atoms with E-state index < -0.39 is 0 Å². The molecule has 7 nitrogen and oxygen atoms in total. The van der Waals surface area contributed by atoms with Crippen molar-refractivity contribution in [3.8, 4) is 0 Å². The number of amides is 1. The summed E-state index contributed by atoms with van der Waals surface area (Å²) in [4.78, 5) is 37.6. The molecule has 0 aliphatic carbocycles. The molecule has 32 heavy (non-hydrogen) atoms. The number of anilines is 1. The highest BCUT2D eigenvalue weighted by molar-refractivity contribution is 7.09. The SMILES string of the molecule is CCOC(=O)c1ccc(N2CCN(C(=O)Cc3csc(Cc4ccccc4)n3)CC2)nc1. The molecule has 3 heterocycles. The van der Waals surface area contributed by atoms with E-state index in [9.17, 15) is 9.59 Å². The Morgan fingerprint density at radius 2 is 1.84 bits per heavy atom. The first-order chi connectivity index (χ1) is 15.6. The maximum absolute atomic E-state index is 12.8. The van der Waals surface area contributed by atoms with E-state index in [0.29, 0.717) is 44.8 Å². The third kappa shape index (κ3) is 5.50. The average Bonchev–Trinajstić information content (AvgIpc) is 3.26. The number of pyridine rings is 1. The second kappa shape index (κ2) is 10.4. The Labute approximate surface area is 191 Å². The first-order valence-electron chi connectivity index (χ1n) is 10.8. The van der Waals surface area contributed by atoms with Gasteiger partial charge < -0.3 is 14.5 Å². The standard InChI is InChI=1S/C24H26N4O3S/c1-2-31-24(30)19-8-9-21(25-16-19)27-10-12-28(13-11-27)23(29)15-20-17-32-22(26-20)14-18-6-4-3-5-7-18/h3-9,16-17H,2,10-15H2,1H3. The Morgan fingerprint density at radius 1 is 1.06 bits per heavy atom. The molecule has 0 saturated carbocycles. The zero-order chi connectivity index (χ0) is 22.3. The van der Waals surface area contributed by atoms with Crippen LogP contribution in [0.2, 0.25) is 0 Å². The molecule has 4 rings (SSSR count). The van der Waals surface area contributed by atoms with Crippen LogP contribution in [0.4, 0.5) is 5.82 Å². The summed E-state index contributed by atoms with van der Waals surface area (Å²) >= 11 is 1.61. The van der Waals surface area contributed by atoms with Crippen molar-refractivity contribution in [3.63, 3.8) is 0 Å². The van der Waals surface area contributed by atoms with E-state index in [-0.39, 0.29) is 11.9 Å². The van der Waals surface area contributed by atoms with Gasteiger partial charge in [-0.3, -0.25) is 4.79 Å². The smallest absolute Gasteiger partial charge is 0.339 e. The molecule has 1 aliphatic heterocycles. The lowest BCUT2D eigenvalue weighted by Gasteiger charge is -2.35. The minimum absolute atomic E-state index is 0.104. The van der Waals surface area contributed by atoms with Crippen LogP contribution < -0.4 is 4.90 Å². The number of esters is 1. The predicted molar refractivity (Wildman–Crippen MR) is 124 cm³/mol. The summed E-state index contributed by atoms with van der Waals surface area (Å²) < 4.78 is 4.99. The van der Waals surface area contributed by atoms with Crippen LogP contribution in [-0.4, -0.2) is 59.5 Å². The molecule has 1 aliphatic rings. The first-order valence-corrected chi connectivity index (χ1v) is 11.6. The van der Waals surface area contributed by atoms with Crippen molar-refractivity contribution in [1.82, 2.24) is 14.9 Å². The molecule has 0 bridgehead atoms. The number of hydrogen-bond donors (Lipinski definition) is 0. The molecular weight excluding hydrogens is 424 g/mol. The Kier molecular flexibility index (Phi) is 7.11. The van der Waals surface area contributed by atoms with E-state index in [1.165, 1.54) is 5.56 Å². The minimum Gasteiger partial charge on any atom is -0.462 e. The van der Waals surface area contributed by atoms with E-state index >= 15 is 0 Å². The first kappa shape index (κ1) is 22.0. The summed E-state index contributed by atoms with van der Waals surface area (Å²) in [5.74, 6) is 0.540. The zero-order valence-corrected chi connectivity index (χ0v) is 18.9. The lowest BCUT2D eigenvalue weighted by atomic mass is 10.2. The van der Waals surface area contributed by atoms with Crippen LogP contribution in [0.3, 0.4) is 0 Å². The quantitative estimate of drug-likeness (QED) is 0.515. The van der Waals surface area contributed by atoms with Crippen LogP contribution in [0.15, 0.2) is 54.0 Å². The Hall–Kier alpha value is -3.26. The monoisotopic (exact) mass is 450 g/mol. The number of nitrogens with zero attached hydrogens (tertiary/aromatic N) is 4. The number of hydrogen-bond acceptors (Lipinski definition) is 7. The molecule has 0 spiro atoms. The van der Waals surface area contributed by atoms with Gasteiger partial charge >= 0.3 is 5.97 Å². The molecular formula is C24H26N4O3S. The number of aromatic nitrogens is 2. The van der Waals surface area contributed by atoms with Gasteiger partial charge in [0, 0.05) is 44.2 Å². The molecule has 1 amide bonds. The maximum atomic E-state index is 12.8. The van der Waals surface area contributed by atoms with Crippen molar-refractivity contribution < 1.29 is 14.3 Å². The van der Waals surface area contributed by atoms with Gasteiger partial charge in [0.15, 0.2) is 0 Å². The second-order valence-corrected chi connectivity index (χ2v) is 8.51. The van der Waals surface area contributed by atoms with Crippen LogP contribution >= 0.6 is 11.3 Å². The highest BCUT2D eigenvalue weighted by atomic mass is 32.1. The number of carbonyl (C=O) groups is 2. The Morgan fingerprint density at radius 3 is 2.53 bits per heavy atom. The van der Waals surface area contributed by atoms with E-state index in [4.69, 9.17) is 4.74 Å². The molecule has 1 saturated heterocycles. The van der Waals surface area contributed by atoms with Gasteiger partial charge in [0.1, 0.15) is 5.82 Å². The van der Waals surface area contributed by atoms with Gasteiger partial charge in [-0.1, -0.05) is 30.3 Å². The second-order valence-electron chi connectivity index (χ2n) is 7.57. The third-order valence-corrected chi connectivity index (χ3v) is 6.24. The number of ether oxygens (including phenoxy) is 1. The maximum Gasteiger partial charge on any atom is 0.339 e. The summed E-state index contributed by atoms with van der Waals surface area (Å²) in [5.41, 5.74) is 2.50.